The first-order chi connectivity index (χ1) is 19.0. The van der Waals surface area contributed by atoms with Gasteiger partial charge < -0.3 is 14.2 Å². The Morgan fingerprint density at radius 3 is 2.60 bits per heavy atom. The molecule has 11 nitrogen and oxygen atoms in total. The van der Waals surface area contributed by atoms with E-state index in [0.717, 1.165) is 11.3 Å². The maximum absolute atomic E-state index is 13.8. The number of fused-ring (bicyclic) bond motifs is 1. The summed E-state index contributed by atoms with van der Waals surface area (Å²) in [6, 6.07) is 9.75. The van der Waals surface area contributed by atoms with Crippen molar-refractivity contribution < 1.29 is 28.7 Å². The van der Waals surface area contributed by atoms with Gasteiger partial charge in [-0.1, -0.05) is 43.4 Å². The zero-order chi connectivity index (χ0) is 29.1. The number of rotatable bonds is 8. The highest BCUT2D eigenvalue weighted by molar-refractivity contribution is 7.07. The third-order valence-electron chi connectivity index (χ3n) is 5.93. The van der Waals surface area contributed by atoms with Gasteiger partial charge in [0, 0.05) is 19.1 Å². The lowest BCUT2D eigenvalue weighted by Gasteiger charge is -2.25. The van der Waals surface area contributed by atoms with Crippen LogP contribution in [-0.2, 0) is 14.3 Å². The van der Waals surface area contributed by atoms with E-state index in [4.69, 9.17) is 14.2 Å². The van der Waals surface area contributed by atoms with Crippen molar-refractivity contribution in [2.75, 3.05) is 13.7 Å². The first kappa shape index (κ1) is 28.4. The number of allylic oxidation sites excluding steroid dienone is 1. The lowest BCUT2D eigenvalue weighted by atomic mass is 9.95. The van der Waals surface area contributed by atoms with Crippen molar-refractivity contribution in [1.29, 1.82) is 0 Å². The minimum absolute atomic E-state index is 0.0857. The van der Waals surface area contributed by atoms with E-state index in [-0.39, 0.29) is 39.8 Å². The van der Waals surface area contributed by atoms with Gasteiger partial charge in [0.1, 0.15) is 0 Å². The van der Waals surface area contributed by atoms with Gasteiger partial charge in [0.05, 0.1) is 40.5 Å². The van der Waals surface area contributed by atoms with Gasteiger partial charge >= 0.3 is 11.9 Å². The van der Waals surface area contributed by atoms with Crippen molar-refractivity contribution in [2.45, 2.75) is 33.7 Å². The molecule has 3 aromatic rings. The third-order valence-corrected chi connectivity index (χ3v) is 6.91. The minimum Gasteiger partial charge on any atom is -0.493 e. The molecule has 1 unspecified atom stereocenters. The summed E-state index contributed by atoms with van der Waals surface area (Å²) in [4.78, 5) is 54.3. The lowest BCUT2D eigenvalue weighted by molar-refractivity contribution is -0.384. The molecule has 0 amide bonds. The Balaban J connectivity index is 1.93. The number of non-ortho nitro benzene ring substituents is 1. The van der Waals surface area contributed by atoms with Crippen LogP contribution in [0.2, 0.25) is 0 Å². The number of hydrogen-bond donors (Lipinski definition) is 0. The second-order valence-electron chi connectivity index (χ2n) is 9.43. The molecule has 0 saturated heterocycles. The van der Waals surface area contributed by atoms with Gasteiger partial charge in [-0.15, -0.1) is 0 Å². The fourth-order valence-corrected chi connectivity index (χ4v) is 5.24. The van der Waals surface area contributed by atoms with Gasteiger partial charge in [-0.2, -0.15) is 0 Å². The Hall–Kier alpha value is -4.58. The molecule has 0 bridgehead atoms. The number of hydrogen-bond acceptors (Lipinski definition) is 10. The molecule has 0 aliphatic carbocycles. The number of aromatic nitrogens is 1. The van der Waals surface area contributed by atoms with Crippen molar-refractivity contribution in [1.82, 2.24) is 4.57 Å². The Morgan fingerprint density at radius 1 is 1.20 bits per heavy atom. The monoisotopic (exact) mass is 565 g/mol. The maximum atomic E-state index is 13.8. The Kier molecular flexibility index (Phi) is 8.29. The molecule has 4 rings (SSSR count). The van der Waals surface area contributed by atoms with Crippen molar-refractivity contribution in [2.24, 2.45) is 10.9 Å². The number of esters is 2. The molecule has 12 heteroatoms. The third kappa shape index (κ3) is 5.86. The minimum atomic E-state index is -0.927. The quantitative estimate of drug-likeness (QED) is 0.176. The summed E-state index contributed by atoms with van der Waals surface area (Å²) in [5, 5.41) is 11.2. The summed E-state index contributed by atoms with van der Waals surface area (Å²) in [6.45, 7) is 6.93. The molecule has 0 spiro atoms. The van der Waals surface area contributed by atoms with E-state index >= 15 is 0 Å². The molecule has 1 aliphatic rings. The van der Waals surface area contributed by atoms with Crippen molar-refractivity contribution in [3.05, 3.63) is 94.7 Å². The Labute approximate surface area is 232 Å². The predicted molar refractivity (Wildman–Crippen MR) is 147 cm³/mol. The molecule has 2 heterocycles. The topological polar surface area (TPSA) is 139 Å². The fourth-order valence-electron chi connectivity index (χ4n) is 4.19. The zero-order valence-corrected chi connectivity index (χ0v) is 23.3. The highest BCUT2D eigenvalue weighted by Crippen LogP contribution is 2.36. The molecule has 1 aliphatic heterocycles. The maximum Gasteiger partial charge on any atom is 0.338 e. The smallest absolute Gasteiger partial charge is 0.338 e. The number of nitrogens with zero attached hydrogens (tertiary/aromatic N) is 3. The molecule has 208 valence electrons. The van der Waals surface area contributed by atoms with Crippen molar-refractivity contribution in [3.63, 3.8) is 0 Å². The standard InChI is InChI=1S/C28H27N3O8S/c1-15(2)14-38-27(34)24-16(3)29-28-30(25(24)19-9-10-21(39-17(4)32)22(13-19)37-5)26(33)23(40-28)12-18-7-6-8-20(11-18)31(35)36/h6-13,15,25H,14H2,1-5H3/b23-12-. The van der Waals surface area contributed by atoms with Gasteiger partial charge in [0.25, 0.3) is 11.2 Å². The van der Waals surface area contributed by atoms with Crippen LogP contribution in [0.3, 0.4) is 0 Å². The van der Waals surface area contributed by atoms with E-state index in [1.165, 1.54) is 42.9 Å². The van der Waals surface area contributed by atoms with Gasteiger partial charge in [0.15, 0.2) is 16.3 Å². The number of carbonyl (C=O) groups excluding carboxylic acids is 2. The summed E-state index contributed by atoms with van der Waals surface area (Å²) in [6.07, 6.45) is 1.55. The van der Waals surface area contributed by atoms with Gasteiger partial charge in [0.2, 0.25) is 0 Å². The average Bonchev–Trinajstić information content (AvgIpc) is 3.20. The number of methoxy groups -OCH3 is 1. The van der Waals surface area contributed by atoms with Crippen LogP contribution in [0.5, 0.6) is 11.5 Å². The highest BCUT2D eigenvalue weighted by Gasteiger charge is 2.34. The SMILES string of the molecule is COc1cc(C2C(C(=O)OCC(C)C)=C(C)N=c3s/c(=C\c4cccc([N+](=O)[O-])c4)c(=O)n32)ccc1OC(C)=O. The van der Waals surface area contributed by atoms with Crippen molar-refractivity contribution >= 4 is 35.0 Å². The number of benzene rings is 2. The normalized spacial score (nSPS) is 14.9. The first-order valence-corrected chi connectivity index (χ1v) is 13.1. The van der Waals surface area contributed by atoms with Gasteiger partial charge in [-0.25, -0.2) is 9.79 Å². The van der Waals surface area contributed by atoms with E-state index in [1.807, 2.05) is 13.8 Å². The molecule has 1 atom stereocenters. The van der Waals surface area contributed by atoms with Crippen LogP contribution < -0.4 is 24.4 Å². The molecule has 2 aromatic carbocycles. The van der Waals surface area contributed by atoms with Crippen LogP contribution >= 0.6 is 11.3 Å². The largest absolute Gasteiger partial charge is 0.493 e. The highest BCUT2D eigenvalue weighted by atomic mass is 32.1. The second-order valence-corrected chi connectivity index (χ2v) is 10.4. The van der Waals surface area contributed by atoms with Crippen LogP contribution in [0.4, 0.5) is 5.69 Å². The summed E-state index contributed by atoms with van der Waals surface area (Å²) in [5.41, 5.74) is 0.981. The van der Waals surface area contributed by atoms with Gasteiger partial charge in [-0.05, 0) is 42.2 Å². The molecular weight excluding hydrogens is 538 g/mol. The van der Waals surface area contributed by atoms with Crippen LogP contribution in [0.25, 0.3) is 6.08 Å². The lowest BCUT2D eigenvalue weighted by Crippen LogP contribution is -2.40. The van der Waals surface area contributed by atoms with E-state index < -0.39 is 28.5 Å². The Bertz CT molecular complexity index is 1720. The van der Waals surface area contributed by atoms with E-state index in [0.29, 0.717) is 21.6 Å². The van der Waals surface area contributed by atoms with Gasteiger partial charge in [-0.3, -0.25) is 24.3 Å². The van der Waals surface area contributed by atoms with E-state index in [2.05, 4.69) is 4.99 Å². The van der Waals surface area contributed by atoms with E-state index in [9.17, 15) is 24.5 Å². The Morgan fingerprint density at radius 2 is 1.95 bits per heavy atom. The fraction of sp³-hybridized carbons (Fsp3) is 0.286. The van der Waals surface area contributed by atoms with E-state index in [1.54, 1.807) is 31.2 Å². The number of thiazole rings is 1. The molecular formula is C28H27N3O8S. The number of carbonyl (C=O) groups is 2. The number of ether oxygens (including phenoxy) is 3. The molecule has 40 heavy (non-hydrogen) atoms. The molecule has 1 aromatic heterocycles. The van der Waals surface area contributed by atoms with Crippen LogP contribution in [0.1, 0.15) is 44.9 Å². The predicted octanol–water partition coefficient (Wildman–Crippen LogP) is 3.28. The molecule has 0 N–H and O–H groups in total. The van der Waals surface area contributed by atoms with Crippen molar-refractivity contribution in [3.8, 4) is 11.5 Å². The summed E-state index contributed by atoms with van der Waals surface area (Å²) < 4.78 is 17.9. The molecule has 0 saturated carbocycles. The van der Waals surface area contributed by atoms with Crippen LogP contribution in [0, 0.1) is 16.0 Å². The zero-order valence-electron chi connectivity index (χ0n) is 22.5. The molecule has 0 radical (unpaired) electrons. The first-order valence-electron chi connectivity index (χ1n) is 12.3. The number of nitro groups is 1. The van der Waals surface area contributed by atoms with Crippen LogP contribution in [0.15, 0.2) is 63.5 Å². The molecule has 0 fully saturated rings. The summed E-state index contributed by atoms with van der Waals surface area (Å²) >= 11 is 1.10. The number of nitro benzene ring substituents is 1. The summed E-state index contributed by atoms with van der Waals surface area (Å²) in [7, 11) is 1.41. The van der Waals surface area contributed by atoms with Crippen LogP contribution in [-0.4, -0.2) is 35.1 Å². The average molecular weight is 566 g/mol. The second kappa shape index (κ2) is 11.7. The summed E-state index contributed by atoms with van der Waals surface area (Å²) in [5.74, 6) is -0.648.